The molecule has 112 valence electrons. The van der Waals surface area contributed by atoms with Crippen molar-refractivity contribution in [3.8, 4) is 0 Å². The van der Waals surface area contributed by atoms with Crippen LogP contribution in [0.25, 0.3) is 0 Å². The van der Waals surface area contributed by atoms with E-state index in [-0.39, 0.29) is 10.0 Å². The number of nitrogens with one attached hydrogen (secondary N) is 2. The number of aromatic nitrogens is 2. The van der Waals surface area contributed by atoms with Crippen molar-refractivity contribution in [3.05, 3.63) is 39.2 Å². The molecule has 1 aromatic heterocycles. The van der Waals surface area contributed by atoms with Crippen LogP contribution >= 0.6 is 34.8 Å². The summed E-state index contributed by atoms with van der Waals surface area (Å²) < 4.78 is 13.4. The lowest BCUT2D eigenvalue weighted by atomic mass is 10.3. The number of nitrogens with zero attached hydrogens (tertiary/aromatic N) is 2. The van der Waals surface area contributed by atoms with Gasteiger partial charge in [0.15, 0.2) is 11.6 Å². The van der Waals surface area contributed by atoms with E-state index in [0.29, 0.717) is 22.5 Å². The Labute approximate surface area is 136 Å². The highest BCUT2D eigenvalue weighted by atomic mass is 35.5. The Bertz CT molecular complexity index is 628. The van der Waals surface area contributed by atoms with Crippen molar-refractivity contribution in [1.82, 2.24) is 9.97 Å². The molecule has 2 N–H and O–H groups in total. The van der Waals surface area contributed by atoms with Crippen LogP contribution in [0, 0.1) is 5.82 Å². The zero-order valence-electron chi connectivity index (χ0n) is 11.1. The van der Waals surface area contributed by atoms with Crippen molar-refractivity contribution in [2.75, 3.05) is 17.2 Å². The van der Waals surface area contributed by atoms with Gasteiger partial charge < -0.3 is 10.6 Å². The van der Waals surface area contributed by atoms with Gasteiger partial charge in [-0.3, -0.25) is 0 Å². The van der Waals surface area contributed by atoms with Gasteiger partial charge in [-0.15, -0.1) is 0 Å². The first kappa shape index (κ1) is 16.1. The minimum atomic E-state index is -0.664. The van der Waals surface area contributed by atoms with Crippen LogP contribution in [0.4, 0.5) is 21.8 Å². The summed E-state index contributed by atoms with van der Waals surface area (Å²) in [6.07, 6.45) is 2.42. The molecule has 0 aliphatic rings. The maximum atomic E-state index is 13.4. The molecule has 1 aromatic carbocycles. The minimum Gasteiger partial charge on any atom is -0.354 e. The molecule has 0 saturated carbocycles. The predicted molar refractivity (Wildman–Crippen MR) is 85.5 cm³/mol. The molecular formula is C13H12Cl3FN4. The second-order valence-corrected chi connectivity index (χ2v) is 5.42. The number of benzene rings is 1. The van der Waals surface area contributed by atoms with E-state index in [0.717, 1.165) is 13.0 Å². The summed E-state index contributed by atoms with van der Waals surface area (Å²) in [5, 5.41) is 6.15. The molecule has 0 unspecified atom stereocenters. The van der Waals surface area contributed by atoms with Gasteiger partial charge in [0.05, 0.1) is 16.2 Å². The summed E-state index contributed by atoms with van der Waals surface area (Å²) in [6, 6.07) is 2.81. The zero-order chi connectivity index (χ0) is 15.4. The molecule has 21 heavy (non-hydrogen) atoms. The topological polar surface area (TPSA) is 49.8 Å². The summed E-state index contributed by atoms with van der Waals surface area (Å²) in [4.78, 5) is 8.30. The Kier molecular flexibility index (Phi) is 5.45. The van der Waals surface area contributed by atoms with Crippen LogP contribution in [0.3, 0.4) is 0 Å². The molecule has 0 aliphatic carbocycles. The van der Waals surface area contributed by atoms with Gasteiger partial charge in [0.25, 0.3) is 0 Å². The highest BCUT2D eigenvalue weighted by Gasteiger charge is 2.10. The number of halogens is 4. The lowest BCUT2D eigenvalue weighted by molar-refractivity contribution is 0.629. The van der Waals surface area contributed by atoms with Gasteiger partial charge in [0, 0.05) is 12.2 Å². The van der Waals surface area contributed by atoms with Gasteiger partial charge in [0.1, 0.15) is 5.02 Å². The molecule has 8 heteroatoms. The van der Waals surface area contributed by atoms with E-state index < -0.39 is 5.82 Å². The average molecular weight is 350 g/mol. The van der Waals surface area contributed by atoms with Crippen molar-refractivity contribution >= 4 is 52.3 Å². The van der Waals surface area contributed by atoms with Crippen molar-refractivity contribution in [2.45, 2.75) is 13.3 Å². The van der Waals surface area contributed by atoms with Gasteiger partial charge in [0.2, 0.25) is 5.95 Å². The molecule has 0 atom stereocenters. The Morgan fingerprint density at radius 3 is 2.43 bits per heavy atom. The third kappa shape index (κ3) is 4.09. The Balaban J connectivity index is 2.26. The van der Waals surface area contributed by atoms with E-state index in [1.165, 1.54) is 18.3 Å². The minimum absolute atomic E-state index is 0.0838. The summed E-state index contributed by atoms with van der Waals surface area (Å²) >= 11 is 17.5. The van der Waals surface area contributed by atoms with Crippen molar-refractivity contribution < 1.29 is 4.39 Å². The van der Waals surface area contributed by atoms with Gasteiger partial charge in [-0.25, -0.2) is 9.37 Å². The third-order valence-electron chi connectivity index (χ3n) is 2.52. The van der Waals surface area contributed by atoms with E-state index in [2.05, 4.69) is 20.6 Å². The highest BCUT2D eigenvalue weighted by molar-refractivity contribution is 6.35. The normalized spacial score (nSPS) is 10.5. The lowest BCUT2D eigenvalue weighted by Crippen LogP contribution is -2.06. The van der Waals surface area contributed by atoms with Crippen LogP contribution in [0.5, 0.6) is 0 Å². The molecule has 0 fully saturated rings. The van der Waals surface area contributed by atoms with Crippen LogP contribution in [0.2, 0.25) is 15.1 Å². The maximum Gasteiger partial charge on any atom is 0.224 e. The molecule has 2 aromatic rings. The summed E-state index contributed by atoms with van der Waals surface area (Å²) in [5.41, 5.74) is 0.480. The molecule has 4 nitrogen and oxygen atoms in total. The van der Waals surface area contributed by atoms with Gasteiger partial charge in [-0.05, 0) is 18.6 Å². The summed E-state index contributed by atoms with van der Waals surface area (Å²) in [6.45, 7) is 2.78. The first-order valence-corrected chi connectivity index (χ1v) is 7.32. The monoisotopic (exact) mass is 348 g/mol. The first-order chi connectivity index (χ1) is 10.0. The third-order valence-corrected chi connectivity index (χ3v) is 3.35. The number of rotatable bonds is 5. The fourth-order valence-corrected chi connectivity index (χ4v) is 2.17. The largest absolute Gasteiger partial charge is 0.354 e. The van der Waals surface area contributed by atoms with Crippen LogP contribution in [-0.4, -0.2) is 16.5 Å². The van der Waals surface area contributed by atoms with Crippen molar-refractivity contribution in [2.24, 2.45) is 0 Å². The van der Waals surface area contributed by atoms with Gasteiger partial charge in [-0.1, -0.05) is 41.7 Å². The number of hydrogen-bond acceptors (Lipinski definition) is 4. The standard InChI is InChI=1S/C13H12Cl3FN4/c1-2-3-18-13-19-6-10(16)12(21-13)20-7-4-8(14)11(17)9(15)5-7/h4-6H,2-3H2,1H3,(H2,18,19,20,21). The van der Waals surface area contributed by atoms with E-state index in [1.807, 2.05) is 6.92 Å². The van der Waals surface area contributed by atoms with Crippen LogP contribution < -0.4 is 10.6 Å². The molecule has 0 spiro atoms. The Hall–Kier alpha value is -1.30. The van der Waals surface area contributed by atoms with Gasteiger partial charge in [-0.2, -0.15) is 4.98 Å². The predicted octanol–water partition coefficient (Wildman–Crippen LogP) is 5.14. The quantitative estimate of drug-likeness (QED) is 0.734. The summed E-state index contributed by atoms with van der Waals surface area (Å²) in [7, 11) is 0. The van der Waals surface area contributed by atoms with Crippen LogP contribution in [0.1, 0.15) is 13.3 Å². The van der Waals surface area contributed by atoms with Crippen molar-refractivity contribution in [1.29, 1.82) is 0 Å². The SMILES string of the molecule is CCCNc1ncc(Cl)c(Nc2cc(Cl)c(F)c(Cl)c2)n1. The van der Waals surface area contributed by atoms with Crippen LogP contribution in [0.15, 0.2) is 18.3 Å². The molecule has 0 amide bonds. The fraction of sp³-hybridized carbons (Fsp3) is 0.231. The molecule has 2 rings (SSSR count). The fourth-order valence-electron chi connectivity index (χ4n) is 1.54. The van der Waals surface area contributed by atoms with E-state index in [4.69, 9.17) is 34.8 Å². The number of hydrogen-bond donors (Lipinski definition) is 2. The molecule has 0 radical (unpaired) electrons. The molecule has 1 heterocycles. The molecule has 0 bridgehead atoms. The second-order valence-electron chi connectivity index (χ2n) is 4.20. The zero-order valence-corrected chi connectivity index (χ0v) is 13.3. The molecular weight excluding hydrogens is 338 g/mol. The maximum absolute atomic E-state index is 13.4. The second kappa shape index (κ2) is 7.11. The lowest BCUT2D eigenvalue weighted by Gasteiger charge is -2.10. The van der Waals surface area contributed by atoms with E-state index >= 15 is 0 Å². The average Bonchev–Trinajstić information content (AvgIpc) is 2.45. The van der Waals surface area contributed by atoms with Gasteiger partial charge >= 0.3 is 0 Å². The first-order valence-electron chi connectivity index (χ1n) is 6.19. The molecule has 0 aliphatic heterocycles. The van der Waals surface area contributed by atoms with Crippen molar-refractivity contribution in [3.63, 3.8) is 0 Å². The number of anilines is 3. The van der Waals surface area contributed by atoms with Crippen LogP contribution in [-0.2, 0) is 0 Å². The smallest absolute Gasteiger partial charge is 0.224 e. The summed E-state index contributed by atoms with van der Waals surface area (Å²) in [5.74, 6) is 0.162. The Morgan fingerprint density at radius 1 is 1.14 bits per heavy atom. The molecule has 0 saturated heterocycles. The highest BCUT2D eigenvalue weighted by Crippen LogP contribution is 2.30. The van der Waals surface area contributed by atoms with E-state index in [1.54, 1.807) is 0 Å². The Morgan fingerprint density at radius 2 is 1.81 bits per heavy atom. The van der Waals surface area contributed by atoms with E-state index in [9.17, 15) is 4.39 Å².